The van der Waals surface area contributed by atoms with E-state index in [0.29, 0.717) is 0 Å². The van der Waals surface area contributed by atoms with Crippen molar-refractivity contribution >= 4 is 0 Å². The first-order valence-corrected chi connectivity index (χ1v) is 21.1. The van der Waals surface area contributed by atoms with Gasteiger partial charge < -0.3 is 149 Å². The van der Waals surface area contributed by atoms with Crippen LogP contribution in [0.15, 0.2) is 0 Å². The largest absolute Gasteiger partial charge is 0.394 e. The van der Waals surface area contributed by atoms with E-state index in [1.165, 1.54) is 0 Å². The molecule has 0 aromatic rings. The maximum atomic E-state index is 11.7. The van der Waals surface area contributed by atoms with E-state index < -0.39 is 224 Å². The highest BCUT2D eigenvalue weighted by Crippen LogP contribution is 2.37. The van der Waals surface area contributed by atoms with Crippen molar-refractivity contribution in [2.24, 2.45) is 0 Å². The molecular formula is C36H60O30. The van der Waals surface area contributed by atoms with Crippen LogP contribution in [0.2, 0.25) is 0 Å². The Morgan fingerprint density at radius 1 is 0.303 bits per heavy atom. The minimum Gasteiger partial charge on any atom is -0.394 e. The van der Waals surface area contributed by atoms with Crippen LogP contribution in [0.3, 0.4) is 0 Å². The summed E-state index contributed by atoms with van der Waals surface area (Å²) in [7, 11) is 0. The van der Waals surface area contributed by atoms with E-state index in [-0.39, 0.29) is 0 Å². The lowest BCUT2D eigenvalue weighted by Gasteiger charge is -2.50. The Morgan fingerprint density at radius 3 is 1.21 bits per heavy atom. The fourth-order valence-corrected chi connectivity index (χ4v) is 8.67. The molecule has 0 unspecified atom stereocenters. The summed E-state index contributed by atoms with van der Waals surface area (Å²) in [5, 5.41) is 194. The van der Waals surface area contributed by atoms with Gasteiger partial charge in [0.15, 0.2) is 37.7 Å². The number of ether oxygens (including phenoxy) is 12. The second kappa shape index (κ2) is 22.1. The molecule has 30 atom stereocenters. The Labute approximate surface area is 372 Å². The molecule has 0 radical (unpaired) electrons. The van der Waals surface area contributed by atoms with Gasteiger partial charge in [0.2, 0.25) is 0 Å². The van der Waals surface area contributed by atoms with Crippen LogP contribution in [-0.2, 0) is 56.8 Å². The van der Waals surface area contributed by atoms with Crippen molar-refractivity contribution in [3.05, 3.63) is 0 Å². The summed E-state index contributed by atoms with van der Waals surface area (Å²) >= 11 is 0. The molecule has 0 spiro atoms. The third-order valence-corrected chi connectivity index (χ3v) is 12.6. The van der Waals surface area contributed by atoms with Crippen LogP contribution in [0, 0.1) is 0 Å². The molecule has 8 bridgehead atoms. The average molecular weight is 973 g/mol. The van der Waals surface area contributed by atoms with Gasteiger partial charge in [0.25, 0.3) is 0 Å². The number of aliphatic hydroxyl groups excluding tert-OH is 18. The SMILES string of the molecule is OC[C@H]1O[C@H](O[C@H]2[C@@H](O[C@H]3[C@H]4O[C@H]5[C@H](O)[C@@H](O)[C@@H](OC[C@H]6O[C@H](O[C@H]7[C@H](O)[C@@H](O)[C@@H](OC[C@@H](O4)[C@@H](O)[C@@H]3O)O[C@@H]7CO)[C@H](O)[C@@H](O)[C@@H]6O)O[C@@H]5CO)O[C@H](CO)[C@@H](O)[C@@H]2O)[C@H](O)[C@@H](O)[C@@H]1O. The Kier molecular flexibility index (Phi) is 17.6. The van der Waals surface area contributed by atoms with Gasteiger partial charge in [0, 0.05) is 0 Å². The second-order valence-corrected chi connectivity index (χ2v) is 16.9. The minimum atomic E-state index is -2.23. The van der Waals surface area contributed by atoms with Crippen molar-refractivity contribution in [3.8, 4) is 0 Å². The Balaban J connectivity index is 1.20. The molecule has 0 aliphatic carbocycles. The molecule has 0 aromatic carbocycles. The third kappa shape index (κ3) is 10.3. The minimum absolute atomic E-state index is 0.787. The quantitative estimate of drug-likeness (QED) is 0.107. The van der Waals surface area contributed by atoms with Gasteiger partial charge >= 0.3 is 0 Å². The van der Waals surface area contributed by atoms with E-state index in [4.69, 9.17) is 56.8 Å². The topological polar surface area (TPSA) is 475 Å². The van der Waals surface area contributed by atoms with Gasteiger partial charge in [-0.15, -0.1) is 0 Å². The van der Waals surface area contributed by atoms with E-state index in [1.807, 2.05) is 0 Å². The van der Waals surface area contributed by atoms with Crippen molar-refractivity contribution in [1.29, 1.82) is 0 Å². The number of aliphatic hydroxyl groups is 18. The highest BCUT2D eigenvalue weighted by atomic mass is 16.8. The molecule has 10 aliphatic rings. The molecule has 10 fully saturated rings. The van der Waals surface area contributed by atoms with Crippen LogP contribution in [0.1, 0.15) is 0 Å². The molecule has 10 aliphatic heterocycles. The van der Waals surface area contributed by atoms with Crippen LogP contribution in [0.5, 0.6) is 0 Å². The fourth-order valence-electron chi connectivity index (χ4n) is 8.67. The first-order chi connectivity index (χ1) is 31.3. The molecule has 66 heavy (non-hydrogen) atoms. The predicted molar refractivity (Wildman–Crippen MR) is 196 cm³/mol. The second-order valence-electron chi connectivity index (χ2n) is 16.9. The first kappa shape index (κ1) is 52.6. The van der Waals surface area contributed by atoms with Crippen LogP contribution >= 0.6 is 0 Å². The summed E-state index contributed by atoms with van der Waals surface area (Å²) in [6.07, 6.45) is -57.9. The van der Waals surface area contributed by atoms with Crippen molar-refractivity contribution in [3.63, 3.8) is 0 Å². The van der Waals surface area contributed by atoms with E-state index in [0.717, 1.165) is 0 Å². The summed E-state index contributed by atoms with van der Waals surface area (Å²) in [5.41, 5.74) is 0. The zero-order chi connectivity index (χ0) is 48.0. The van der Waals surface area contributed by atoms with Crippen molar-refractivity contribution < 1.29 is 149 Å². The molecule has 0 amide bonds. The highest BCUT2D eigenvalue weighted by molar-refractivity contribution is 5.00. The zero-order valence-corrected chi connectivity index (χ0v) is 34.5. The lowest BCUT2D eigenvalue weighted by molar-refractivity contribution is -0.407. The van der Waals surface area contributed by atoms with Crippen LogP contribution in [-0.4, -0.2) is 316 Å². The highest BCUT2D eigenvalue weighted by Gasteiger charge is 2.58. The number of hydrogen-bond donors (Lipinski definition) is 18. The van der Waals surface area contributed by atoms with Crippen LogP contribution < -0.4 is 0 Å². The summed E-state index contributed by atoms with van der Waals surface area (Å²) < 4.78 is 68.6. The van der Waals surface area contributed by atoms with E-state index in [1.54, 1.807) is 0 Å². The van der Waals surface area contributed by atoms with E-state index in [9.17, 15) is 91.9 Å². The van der Waals surface area contributed by atoms with E-state index >= 15 is 0 Å². The van der Waals surface area contributed by atoms with Crippen molar-refractivity contribution in [2.75, 3.05) is 39.6 Å². The monoisotopic (exact) mass is 972 g/mol. The molecule has 0 aromatic heterocycles. The summed E-state index contributed by atoms with van der Waals surface area (Å²) in [4.78, 5) is 0. The van der Waals surface area contributed by atoms with E-state index in [2.05, 4.69) is 0 Å². The molecule has 384 valence electrons. The average Bonchev–Trinajstić information content (AvgIpc) is 3.30. The fraction of sp³-hybridized carbons (Fsp3) is 1.00. The molecule has 10 rings (SSSR count). The lowest BCUT2D eigenvalue weighted by atomic mass is 9.95. The maximum absolute atomic E-state index is 11.7. The molecular weight excluding hydrogens is 912 g/mol. The van der Waals surface area contributed by atoms with Gasteiger partial charge in [-0.1, -0.05) is 0 Å². The zero-order valence-electron chi connectivity index (χ0n) is 34.5. The van der Waals surface area contributed by atoms with Gasteiger partial charge in [0.05, 0.1) is 39.6 Å². The van der Waals surface area contributed by atoms with Gasteiger partial charge in [-0.05, 0) is 0 Å². The normalized spacial score (nSPS) is 55.4. The standard InChI is InChI=1S/C36H60O30/c37-1-7-13(41)17(45)23(51)33(57-7)65-29-19(47)14(42)8(2-38)58-35(29)66-30-20(48)16(44)12-6-56-31-25(53)21(49)27(9(3-39)59-31)63-34-24(52)18(46)15(43)11(61-34)5-55-32-26(54)22(50)28(10(4-40)60-32)64-36(30)62-12/h7-54H,1-6H2/t7-,8-,9-,10-,11-,12-,13-,14-,15-,16-,17+,18+,19+,20+,21-,22-,23-,24-,25-,26-,27-,28-,29-,30-,31+,32+,33-,34-,35-,36-/m1/s1. The number of hydrogen-bond acceptors (Lipinski definition) is 30. The lowest BCUT2D eigenvalue weighted by Crippen LogP contribution is -2.68. The maximum Gasteiger partial charge on any atom is 0.187 e. The van der Waals surface area contributed by atoms with Crippen molar-refractivity contribution in [1.82, 2.24) is 0 Å². The van der Waals surface area contributed by atoms with Gasteiger partial charge in [0.1, 0.15) is 146 Å². The summed E-state index contributed by atoms with van der Waals surface area (Å²) in [6.45, 7) is -5.46. The predicted octanol–water partition coefficient (Wildman–Crippen LogP) is -13.1. The Bertz CT molecular complexity index is 1520. The molecule has 18 N–H and O–H groups in total. The Morgan fingerprint density at radius 2 is 0.697 bits per heavy atom. The molecule has 10 heterocycles. The van der Waals surface area contributed by atoms with Gasteiger partial charge in [-0.25, -0.2) is 0 Å². The summed E-state index contributed by atoms with van der Waals surface area (Å²) in [5.74, 6) is 0. The molecule has 0 saturated carbocycles. The van der Waals surface area contributed by atoms with Gasteiger partial charge in [-0.2, -0.15) is 0 Å². The first-order valence-electron chi connectivity index (χ1n) is 21.1. The molecule has 30 nitrogen and oxygen atoms in total. The van der Waals surface area contributed by atoms with Gasteiger partial charge in [-0.3, -0.25) is 0 Å². The number of rotatable bonds is 8. The van der Waals surface area contributed by atoms with Crippen LogP contribution in [0.25, 0.3) is 0 Å². The molecule has 30 heteroatoms. The molecule has 10 saturated heterocycles. The smallest absolute Gasteiger partial charge is 0.187 e. The summed E-state index contributed by atoms with van der Waals surface area (Å²) in [6, 6.07) is 0. The third-order valence-electron chi connectivity index (χ3n) is 12.6. The Hall–Kier alpha value is -1.20. The van der Waals surface area contributed by atoms with Crippen LogP contribution in [0.4, 0.5) is 0 Å². The van der Waals surface area contributed by atoms with Crippen molar-refractivity contribution in [2.45, 2.75) is 184 Å².